The normalized spacial score (nSPS) is 10.9. The van der Waals surface area contributed by atoms with Crippen LogP contribution in [0, 0.1) is 5.92 Å². The molecule has 3 rings (SSSR count). The molecule has 1 aromatic heterocycles. The number of hydrogen-bond acceptors (Lipinski definition) is 4. The highest BCUT2D eigenvalue weighted by Gasteiger charge is 2.12. The van der Waals surface area contributed by atoms with Gasteiger partial charge in [-0.05, 0) is 36.1 Å². The highest BCUT2D eigenvalue weighted by molar-refractivity contribution is 7.98. The summed E-state index contributed by atoms with van der Waals surface area (Å²) in [5.74, 6) is 0.279. The lowest BCUT2D eigenvalue weighted by atomic mass is 10.1. The van der Waals surface area contributed by atoms with Gasteiger partial charge in [0, 0.05) is 34.6 Å². The second kappa shape index (κ2) is 9.29. The van der Waals surface area contributed by atoms with Gasteiger partial charge in [-0.15, -0.1) is 11.8 Å². The molecule has 1 heterocycles. The van der Waals surface area contributed by atoms with Gasteiger partial charge in [-0.1, -0.05) is 43.6 Å². The lowest BCUT2D eigenvalue weighted by Crippen LogP contribution is -2.27. The van der Waals surface area contributed by atoms with Crippen molar-refractivity contribution in [2.24, 2.45) is 5.92 Å². The van der Waals surface area contributed by atoms with Crippen LogP contribution in [-0.2, 0) is 11.3 Å². The van der Waals surface area contributed by atoms with Crippen molar-refractivity contribution in [1.29, 1.82) is 0 Å². The molecule has 0 aliphatic rings. The minimum atomic E-state index is -0.256. The molecule has 0 saturated heterocycles. The van der Waals surface area contributed by atoms with Gasteiger partial charge < -0.3 is 10.3 Å². The number of nitrogens with zero attached hydrogens (tertiary/aromatic N) is 1. The monoisotopic (exact) mass is 427 g/mol. The molecule has 7 heteroatoms. The van der Waals surface area contributed by atoms with Crippen LogP contribution in [0.25, 0.3) is 22.6 Å². The Kier molecular flexibility index (Phi) is 6.77. The third kappa shape index (κ3) is 5.28. The maximum atomic E-state index is 12.3. The van der Waals surface area contributed by atoms with E-state index in [0.717, 1.165) is 16.0 Å². The average Bonchev–Trinajstić information content (AvgIpc) is 2.72. The van der Waals surface area contributed by atoms with Crippen molar-refractivity contribution in [3.05, 3.63) is 69.5 Å². The van der Waals surface area contributed by atoms with Crippen LogP contribution in [0.15, 0.2) is 58.2 Å². The summed E-state index contributed by atoms with van der Waals surface area (Å²) >= 11 is 8.03. The molecule has 0 aliphatic heterocycles. The van der Waals surface area contributed by atoms with Crippen molar-refractivity contribution in [2.75, 3.05) is 6.26 Å². The molecule has 0 atom stereocenters. The Labute approximate surface area is 178 Å². The van der Waals surface area contributed by atoms with E-state index in [-0.39, 0.29) is 17.4 Å². The van der Waals surface area contributed by atoms with E-state index in [0.29, 0.717) is 28.6 Å². The molecule has 0 aliphatic carbocycles. The van der Waals surface area contributed by atoms with Gasteiger partial charge in [0.2, 0.25) is 5.91 Å². The fourth-order valence-electron chi connectivity index (χ4n) is 2.75. The summed E-state index contributed by atoms with van der Waals surface area (Å²) in [6.45, 7) is 4.06. The van der Waals surface area contributed by atoms with E-state index in [1.807, 2.05) is 56.5 Å². The minimum absolute atomic E-state index is 0.0243. The summed E-state index contributed by atoms with van der Waals surface area (Å²) in [5, 5.41) is 3.35. The van der Waals surface area contributed by atoms with E-state index < -0.39 is 0 Å². The quantitative estimate of drug-likeness (QED) is 0.556. The average molecular weight is 428 g/mol. The first-order valence-electron chi connectivity index (χ1n) is 9.19. The summed E-state index contributed by atoms with van der Waals surface area (Å²) in [7, 11) is 0. The molecule has 0 unspecified atom stereocenters. The third-order valence-electron chi connectivity index (χ3n) is 4.40. The number of aromatic nitrogens is 2. The number of nitrogens with one attached hydrogen (secondary N) is 2. The fourth-order valence-corrected chi connectivity index (χ4v) is 3.37. The van der Waals surface area contributed by atoms with E-state index >= 15 is 0 Å². The molecule has 2 aromatic carbocycles. The Morgan fingerprint density at radius 1 is 1.17 bits per heavy atom. The van der Waals surface area contributed by atoms with Gasteiger partial charge in [0.15, 0.2) is 0 Å². The molecular formula is C22H22ClN3O2S. The SMILES string of the molecule is CSc1ccc(-c2cc(=O)[nH]c(-c3cc(CNC(=O)C(C)C)ccc3Cl)n2)cc1. The van der Waals surface area contributed by atoms with E-state index in [1.54, 1.807) is 17.8 Å². The molecule has 0 spiro atoms. The Morgan fingerprint density at radius 2 is 1.90 bits per heavy atom. The van der Waals surface area contributed by atoms with Crippen molar-refractivity contribution in [2.45, 2.75) is 25.3 Å². The van der Waals surface area contributed by atoms with Crippen LogP contribution in [0.4, 0.5) is 0 Å². The molecule has 29 heavy (non-hydrogen) atoms. The Bertz CT molecular complexity index is 1080. The first kappa shape index (κ1) is 21.1. The summed E-state index contributed by atoms with van der Waals surface area (Å²) in [5.41, 5.74) is 2.66. The topological polar surface area (TPSA) is 74.8 Å². The molecule has 0 fully saturated rings. The second-order valence-corrected chi connectivity index (χ2v) is 8.18. The van der Waals surface area contributed by atoms with Crippen molar-refractivity contribution in [3.8, 4) is 22.6 Å². The molecule has 0 saturated carbocycles. The number of hydrogen-bond donors (Lipinski definition) is 2. The van der Waals surface area contributed by atoms with E-state index in [4.69, 9.17) is 11.6 Å². The number of aromatic amines is 1. The van der Waals surface area contributed by atoms with Crippen LogP contribution in [0.2, 0.25) is 5.02 Å². The molecule has 2 N–H and O–H groups in total. The van der Waals surface area contributed by atoms with Crippen LogP contribution < -0.4 is 10.9 Å². The second-order valence-electron chi connectivity index (χ2n) is 6.89. The van der Waals surface area contributed by atoms with Gasteiger partial charge >= 0.3 is 0 Å². The minimum Gasteiger partial charge on any atom is -0.352 e. The van der Waals surface area contributed by atoms with Crippen LogP contribution in [0.3, 0.4) is 0 Å². The summed E-state index contributed by atoms with van der Waals surface area (Å²) in [6.07, 6.45) is 2.01. The van der Waals surface area contributed by atoms with Crippen molar-refractivity contribution in [1.82, 2.24) is 15.3 Å². The third-order valence-corrected chi connectivity index (χ3v) is 5.48. The number of carbonyl (C=O) groups is 1. The largest absolute Gasteiger partial charge is 0.352 e. The molecule has 0 radical (unpaired) electrons. The molecule has 3 aromatic rings. The van der Waals surface area contributed by atoms with Crippen LogP contribution in [-0.4, -0.2) is 22.1 Å². The number of amides is 1. The number of rotatable bonds is 6. The molecule has 150 valence electrons. The maximum Gasteiger partial charge on any atom is 0.251 e. The lowest BCUT2D eigenvalue weighted by Gasteiger charge is -2.11. The van der Waals surface area contributed by atoms with Crippen LogP contribution >= 0.6 is 23.4 Å². The number of thioether (sulfide) groups is 1. The van der Waals surface area contributed by atoms with Gasteiger partial charge in [0.1, 0.15) is 5.82 Å². The summed E-state index contributed by atoms with van der Waals surface area (Å²) in [6, 6.07) is 14.8. The maximum absolute atomic E-state index is 12.3. The zero-order valence-corrected chi connectivity index (χ0v) is 18.0. The zero-order valence-electron chi connectivity index (χ0n) is 16.5. The number of carbonyl (C=O) groups excluding carboxylic acids is 1. The van der Waals surface area contributed by atoms with E-state index in [2.05, 4.69) is 15.3 Å². The Morgan fingerprint density at radius 3 is 2.55 bits per heavy atom. The number of benzene rings is 2. The van der Waals surface area contributed by atoms with Gasteiger partial charge in [-0.25, -0.2) is 4.98 Å². The Balaban J connectivity index is 1.95. The number of H-pyrrole nitrogens is 1. The van der Waals surface area contributed by atoms with Crippen molar-refractivity contribution >= 4 is 29.3 Å². The van der Waals surface area contributed by atoms with E-state index in [9.17, 15) is 9.59 Å². The predicted molar refractivity (Wildman–Crippen MR) is 119 cm³/mol. The van der Waals surface area contributed by atoms with Gasteiger partial charge in [-0.2, -0.15) is 0 Å². The van der Waals surface area contributed by atoms with Gasteiger partial charge in [-0.3, -0.25) is 9.59 Å². The highest BCUT2D eigenvalue weighted by Crippen LogP contribution is 2.28. The smallest absolute Gasteiger partial charge is 0.251 e. The fraction of sp³-hybridized carbons (Fsp3) is 0.227. The summed E-state index contributed by atoms with van der Waals surface area (Å²) in [4.78, 5) is 32.6. The standard InChI is InChI=1S/C22H22ClN3O2S/c1-13(2)22(28)24-12-14-4-9-18(23)17(10-14)21-25-19(11-20(27)26-21)15-5-7-16(29-3)8-6-15/h4-11,13H,12H2,1-3H3,(H,24,28)(H,25,26,27). The zero-order chi connectivity index (χ0) is 21.0. The van der Waals surface area contributed by atoms with Crippen LogP contribution in [0.1, 0.15) is 19.4 Å². The molecule has 5 nitrogen and oxygen atoms in total. The van der Waals surface area contributed by atoms with E-state index in [1.165, 1.54) is 6.07 Å². The van der Waals surface area contributed by atoms with Crippen molar-refractivity contribution < 1.29 is 4.79 Å². The van der Waals surface area contributed by atoms with Gasteiger partial charge in [0.05, 0.1) is 10.7 Å². The van der Waals surface area contributed by atoms with Gasteiger partial charge in [0.25, 0.3) is 5.56 Å². The first-order chi connectivity index (χ1) is 13.9. The molecule has 1 amide bonds. The van der Waals surface area contributed by atoms with Crippen molar-refractivity contribution in [3.63, 3.8) is 0 Å². The number of halogens is 1. The molecule has 0 bridgehead atoms. The van der Waals surface area contributed by atoms with Crippen LogP contribution in [0.5, 0.6) is 0 Å². The lowest BCUT2D eigenvalue weighted by molar-refractivity contribution is -0.124. The molecular weight excluding hydrogens is 406 g/mol. The highest BCUT2D eigenvalue weighted by atomic mass is 35.5. The Hall–Kier alpha value is -2.57. The summed E-state index contributed by atoms with van der Waals surface area (Å²) < 4.78 is 0. The predicted octanol–water partition coefficient (Wildman–Crippen LogP) is 4.75. The first-order valence-corrected chi connectivity index (χ1v) is 10.8.